The van der Waals surface area contributed by atoms with Crippen molar-refractivity contribution in [1.82, 2.24) is 10.2 Å². The van der Waals surface area contributed by atoms with Crippen molar-refractivity contribution in [2.75, 3.05) is 26.2 Å². The molecule has 0 aromatic rings. The second-order valence-electron chi connectivity index (χ2n) is 4.55. The lowest BCUT2D eigenvalue weighted by Gasteiger charge is -2.32. The number of amides is 1. The van der Waals surface area contributed by atoms with Gasteiger partial charge in [-0.15, -0.1) is 0 Å². The summed E-state index contributed by atoms with van der Waals surface area (Å²) in [5.41, 5.74) is 5.41. The first-order valence-electron chi connectivity index (χ1n) is 6.44. The summed E-state index contributed by atoms with van der Waals surface area (Å²) in [6.45, 7) is 8.27. The molecule has 1 aliphatic rings. The van der Waals surface area contributed by atoms with Crippen LogP contribution >= 0.6 is 0 Å². The molecule has 1 unspecified atom stereocenters. The van der Waals surface area contributed by atoms with E-state index in [0.717, 1.165) is 39.0 Å². The summed E-state index contributed by atoms with van der Waals surface area (Å²) in [5, 5.41) is 3.30. The Morgan fingerprint density at radius 2 is 2.06 bits per heavy atom. The van der Waals surface area contributed by atoms with Crippen LogP contribution in [0.1, 0.15) is 33.1 Å². The summed E-state index contributed by atoms with van der Waals surface area (Å²) in [6, 6.07) is -0.107. The molecule has 0 heterocycles. The van der Waals surface area contributed by atoms with Gasteiger partial charge in [0.2, 0.25) is 5.91 Å². The van der Waals surface area contributed by atoms with Gasteiger partial charge in [0, 0.05) is 13.1 Å². The van der Waals surface area contributed by atoms with E-state index in [1.165, 1.54) is 6.42 Å². The Morgan fingerprint density at radius 1 is 1.44 bits per heavy atom. The van der Waals surface area contributed by atoms with Crippen LogP contribution in [-0.4, -0.2) is 43.0 Å². The zero-order valence-corrected chi connectivity index (χ0v) is 10.5. The highest BCUT2D eigenvalue weighted by molar-refractivity contribution is 5.80. The lowest BCUT2D eigenvalue weighted by molar-refractivity contribution is -0.122. The summed E-state index contributed by atoms with van der Waals surface area (Å²) < 4.78 is 0. The van der Waals surface area contributed by atoms with Gasteiger partial charge >= 0.3 is 0 Å². The number of nitrogens with zero attached hydrogens (tertiary/aromatic N) is 1. The fourth-order valence-electron chi connectivity index (χ4n) is 2.19. The molecule has 0 aromatic carbocycles. The molecule has 1 rings (SSSR count). The van der Waals surface area contributed by atoms with Crippen LogP contribution in [0.2, 0.25) is 0 Å². The van der Waals surface area contributed by atoms with Crippen molar-refractivity contribution in [2.45, 2.75) is 39.2 Å². The average molecular weight is 227 g/mol. The first-order chi connectivity index (χ1) is 7.69. The van der Waals surface area contributed by atoms with Gasteiger partial charge in [-0.1, -0.05) is 20.3 Å². The molecule has 0 spiro atoms. The van der Waals surface area contributed by atoms with Gasteiger partial charge in [0.05, 0.1) is 6.04 Å². The molecule has 0 saturated heterocycles. The molecule has 3 N–H and O–H groups in total. The normalized spacial score (nSPS) is 18.4. The Balaban J connectivity index is 2.24. The monoisotopic (exact) mass is 227 g/mol. The van der Waals surface area contributed by atoms with Gasteiger partial charge in [0.25, 0.3) is 0 Å². The van der Waals surface area contributed by atoms with Crippen molar-refractivity contribution in [3.05, 3.63) is 0 Å². The molecule has 0 bridgehead atoms. The lowest BCUT2D eigenvalue weighted by Crippen LogP contribution is -2.50. The molecule has 1 fully saturated rings. The van der Waals surface area contributed by atoms with Gasteiger partial charge in [0.15, 0.2) is 0 Å². The van der Waals surface area contributed by atoms with Crippen LogP contribution in [0.3, 0.4) is 0 Å². The van der Waals surface area contributed by atoms with Crippen molar-refractivity contribution >= 4 is 5.91 Å². The number of likely N-dealkylation sites (N-methyl/N-ethyl adjacent to an activating group) is 1. The van der Waals surface area contributed by atoms with Crippen LogP contribution in [-0.2, 0) is 4.79 Å². The van der Waals surface area contributed by atoms with Crippen molar-refractivity contribution in [2.24, 2.45) is 11.7 Å². The SMILES string of the molecule is CCN(CC)CCNC(C(N)=O)C1CCC1. The zero-order valence-electron chi connectivity index (χ0n) is 10.5. The minimum absolute atomic E-state index is 0.107. The number of primary amides is 1. The standard InChI is InChI=1S/C12H25N3O/c1-3-15(4-2)9-8-14-11(12(13)16)10-6-5-7-10/h10-11,14H,3-9H2,1-2H3,(H2,13,16). The predicted octanol–water partition coefficient (Wildman–Crippen LogP) is 0.572. The third-order valence-electron chi connectivity index (χ3n) is 3.61. The summed E-state index contributed by atoms with van der Waals surface area (Å²) in [4.78, 5) is 13.6. The maximum absolute atomic E-state index is 11.3. The lowest BCUT2D eigenvalue weighted by atomic mass is 9.79. The number of nitrogens with one attached hydrogen (secondary N) is 1. The fourth-order valence-corrected chi connectivity index (χ4v) is 2.19. The van der Waals surface area contributed by atoms with Gasteiger partial charge in [-0.3, -0.25) is 4.79 Å². The number of hydrogen-bond acceptors (Lipinski definition) is 3. The molecule has 1 saturated carbocycles. The number of hydrogen-bond donors (Lipinski definition) is 2. The number of nitrogens with two attached hydrogens (primary N) is 1. The van der Waals surface area contributed by atoms with E-state index in [1.807, 2.05) is 0 Å². The molecular weight excluding hydrogens is 202 g/mol. The van der Waals surface area contributed by atoms with Gasteiger partial charge in [-0.2, -0.15) is 0 Å². The summed E-state index contributed by atoms with van der Waals surface area (Å²) in [6.07, 6.45) is 3.53. The van der Waals surface area contributed by atoms with Crippen LogP contribution in [0.5, 0.6) is 0 Å². The van der Waals surface area contributed by atoms with Crippen LogP contribution < -0.4 is 11.1 Å². The van der Waals surface area contributed by atoms with E-state index < -0.39 is 0 Å². The molecule has 94 valence electrons. The number of carbonyl (C=O) groups excluding carboxylic acids is 1. The third-order valence-corrected chi connectivity index (χ3v) is 3.61. The smallest absolute Gasteiger partial charge is 0.234 e. The van der Waals surface area contributed by atoms with Gasteiger partial charge in [-0.05, 0) is 31.8 Å². The Morgan fingerprint density at radius 3 is 2.44 bits per heavy atom. The van der Waals surface area contributed by atoms with E-state index in [0.29, 0.717) is 5.92 Å². The zero-order chi connectivity index (χ0) is 12.0. The van der Waals surface area contributed by atoms with Gasteiger partial charge in [-0.25, -0.2) is 0 Å². The minimum Gasteiger partial charge on any atom is -0.368 e. The molecule has 4 nitrogen and oxygen atoms in total. The van der Waals surface area contributed by atoms with E-state index in [-0.39, 0.29) is 11.9 Å². The maximum Gasteiger partial charge on any atom is 0.234 e. The van der Waals surface area contributed by atoms with E-state index in [1.54, 1.807) is 0 Å². The van der Waals surface area contributed by atoms with E-state index in [4.69, 9.17) is 5.73 Å². The van der Waals surface area contributed by atoms with E-state index >= 15 is 0 Å². The van der Waals surface area contributed by atoms with E-state index in [2.05, 4.69) is 24.1 Å². The van der Waals surface area contributed by atoms with Crippen molar-refractivity contribution in [3.63, 3.8) is 0 Å². The molecule has 1 amide bonds. The molecule has 1 aliphatic carbocycles. The largest absolute Gasteiger partial charge is 0.368 e. The molecule has 4 heteroatoms. The molecule has 0 aliphatic heterocycles. The number of carbonyl (C=O) groups is 1. The van der Waals surface area contributed by atoms with Crippen molar-refractivity contribution in [3.8, 4) is 0 Å². The van der Waals surface area contributed by atoms with Gasteiger partial charge in [0.1, 0.15) is 0 Å². The Labute approximate surface area is 98.6 Å². The van der Waals surface area contributed by atoms with Crippen LogP contribution in [0.25, 0.3) is 0 Å². The van der Waals surface area contributed by atoms with Gasteiger partial charge < -0.3 is 16.0 Å². The van der Waals surface area contributed by atoms with Crippen LogP contribution in [0.15, 0.2) is 0 Å². The van der Waals surface area contributed by atoms with Crippen molar-refractivity contribution < 1.29 is 4.79 Å². The van der Waals surface area contributed by atoms with E-state index in [9.17, 15) is 4.79 Å². The first kappa shape index (κ1) is 13.5. The summed E-state index contributed by atoms with van der Waals surface area (Å²) >= 11 is 0. The summed E-state index contributed by atoms with van der Waals surface area (Å²) in [7, 11) is 0. The quantitative estimate of drug-likeness (QED) is 0.637. The molecule has 0 aromatic heterocycles. The topological polar surface area (TPSA) is 58.4 Å². The Bertz CT molecular complexity index is 212. The first-order valence-corrected chi connectivity index (χ1v) is 6.44. The van der Waals surface area contributed by atoms with Crippen LogP contribution in [0.4, 0.5) is 0 Å². The molecule has 1 atom stereocenters. The third kappa shape index (κ3) is 3.76. The average Bonchev–Trinajstić information content (AvgIpc) is 2.19. The fraction of sp³-hybridized carbons (Fsp3) is 0.917. The molecular formula is C12H25N3O. The second kappa shape index (κ2) is 6.86. The van der Waals surface area contributed by atoms with Crippen LogP contribution in [0, 0.1) is 5.92 Å². The second-order valence-corrected chi connectivity index (χ2v) is 4.55. The highest BCUT2D eigenvalue weighted by Crippen LogP contribution is 2.29. The predicted molar refractivity (Wildman–Crippen MR) is 66.1 cm³/mol. The maximum atomic E-state index is 11.3. The van der Waals surface area contributed by atoms with Crippen molar-refractivity contribution in [1.29, 1.82) is 0 Å². The minimum atomic E-state index is -0.191. The number of rotatable bonds is 8. The summed E-state index contributed by atoms with van der Waals surface area (Å²) in [5.74, 6) is 0.290. The Kier molecular flexibility index (Phi) is 5.77. The molecule has 16 heavy (non-hydrogen) atoms. The molecule has 0 radical (unpaired) electrons. The highest BCUT2D eigenvalue weighted by atomic mass is 16.1. The Hall–Kier alpha value is -0.610. The highest BCUT2D eigenvalue weighted by Gasteiger charge is 2.30.